The van der Waals surface area contributed by atoms with Crippen molar-refractivity contribution in [3.05, 3.63) is 11.2 Å². The summed E-state index contributed by atoms with van der Waals surface area (Å²) in [6.07, 6.45) is 0. The number of nitrogen functional groups attached to an aromatic ring is 1. The van der Waals surface area contributed by atoms with Crippen molar-refractivity contribution < 1.29 is 9.90 Å². The van der Waals surface area contributed by atoms with Crippen LogP contribution in [0, 0.1) is 6.92 Å². The Morgan fingerprint density at radius 1 is 1.65 bits per heavy atom. The van der Waals surface area contributed by atoms with Crippen LogP contribution in [0.4, 0.5) is 0 Å². The number of aromatic nitrogens is 4. The largest absolute Gasteiger partial charge is 0.481 e. The van der Waals surface area contributed by atoms with Gasteiger partial charge in [0, 0.05) is 0 Å². The van der Waals surface area contributed by atoms with Crippen molar-refractivity contribution in [1.82, 2.24) is 19.9 Å². The lowest BCUT2D eigenvalue weighted by Gasteiger charge is -2.00. The highest BCUT2D eigenvalue weighted by Crippen LogP contribution is 2.26. The number of carbonyl (C=O) groups is 1. The van der Waals surface area contributed by atoms with E-state index in [9.17, 15) is 4.79 Å². The average Bonchev–Trinajstić information content (AvgIpc) is 2.82. The fourth-order valence-electron chi connectivity index (χ4n) is 1.17. The van der Waals surface area contributed by atoms with Gasteiger partial charge in [-0.1, -0.05) is 11.8 Å². The second kappa shape index (κ2) is 4.72. The normalized spacial score (nSPS) is 10.6. The first-order chi connectivity index (χ1) is 8.09. The van der Waals surface area contributed by atoms with Crippen molar-refractivity contribution in [2.24, 2.45) is 0 Å². The number of carboxylic acids is 1. The standard InChI is InChI=1S/C8H9N5O2S2/c1-4-6(17-3-10-4)7-11-12-8(13(7)9)16-2-5(14)15/h3H,2,9H2,1H3,(H,14,15). The molecule has 2 heterocycles. The first-order valence-electron chi connectivity index (χ1n) is 4.55. The summed E-state index contributed by atoms with van der Waals surface area (Å²) in [5, 5.41) is 16.7. The maximum absolute atomic E-state index is 10.4. The molecular formula is C8H9N5O2S2. The van der Waals surface area contributed by atoms with E-state index in [0.717, 1.165) is 22.3 Å². The van der Waals surface area contributed by atoms with E-state index in [1.165, 1.54) is 16.0 Å². The van der Waals surface area contributed by atoms with E-state index in [4.69, 9.17) is 10.9 Å². The highest BCUT2D eigenvalue weighted by Gasteiger charge is 2.16. The zero-order chi connectivity index (χ0) is 12.4. The summed E-state index contributed by atoms with van der Waals surface area (Å²) < 4.78 is 1.29. The lowest BCUT2D eigenvalue weighted by molar-refractivity contribution is -0.133. The van der Waals surface area contributed by atoms with Gasteiger partial charge in [0.2, 0.25) is 5.16 Å². The smallest absolute Gasteiger partial charge is 0.313 e. The zero-order valence-corrected chi connectivity index (χ0v) is 10.5. The Morgan fingerprint density at radius 3 is 3.00 bits per heavy atom. The molecule has 7 nitrogen and oxygen atoms in total. The minimum absolute atomic E-state index is 0.100. The minimum Gasteiger partial charge on any atom is -0.481 e. The third-order valence-electron chi connectivity index (χ3n) is 1.94. The predicted molar refractivity (Wildman–Crippen MR) is 64.4 cm³/mol. The van der Waals surface area contributed by atoms with E-state index >= 15 is 0 Å². The molecule has 2 rings (SSSR count). The number of rotatable bonds is 4. The lowest BCUT2D eigenvalue weighted by atomic mass is 10.4. The van der Waals surface area contributed by atoms with E-state index in [2.05, 4.69) is 15.2 Å². The van der Waals surface area contributed by atoms with Gasteiger partial charge < -0.3 is 10.9 Å². The maximum atomic E-state index is 10.4. The molecule has 3 N–H and O–H groups in total. The van der Waals surface area contributed by atoms with Crippen molar-refractivity contribution in [2.75, 3.05) is 11.6 Å². The quantitative estimate of drug-likeness (QED) is 0.619. The van der Waals surface area contributed by atoms with E-state index < -0.39 is 5.97 Å². The Kier molecular flexibility index (Phi) is 3.29. The molecule has 0 aromatic carbocycles. The van der Waals surface area contributed by atoms with Gasteiger partial charge in [0.05, 0.1) is 21.8 Å². The van der Waals surface area contributed by atoms with Crippen LogP contribution in [0.1, 0.15) is 5.69 Å². The van der Waals surface area contributed by atoms with Gasteiger partial charge in [-0.2, -0.15) is 0 Å². The number of hydrogen-bond acceptors (Lipinski definition) is 7. The molecule has 0 saturated carbocycles. The monoisotopic (exact) mass is 271 g/mol. The number of hydrogen-bond donors (Lipinski definition) is 2. The zero-order valence-electron chi connectivity index (χ0n) is 8.82. The van der Waals surface area contributed by atoms with Crippen LogP contribution in [0.15, 0.2) is 10.7 Å². The lowest BCUT2D eigenvalue weighted by Crippen LogP contribution is -2.12. The van der Waals surface area contributed by atoms with Gasteiger partial charge in [-0.05, 0) is 6.92 Å². The minimum atomic E-state index is -0.923. The van der Waals surface area contributed by atoms with Gasteiger partial charge in [0.15, 0.2) is 5.82 Å². The fraction of sp³-hybridized carbons (Fsp3) is 0.250. The van der Waals surface area contributed by atoms with Gasteiger partial charge in [-0.15, -0.1) is 21.5 Å². The van der Waals surface area contributed by atoms with Crippen molar-refractivity contribution >= 4 is 29.1 Å². The number of nitrogens with two attached hydrogens (primary N) is 1. The van der Waals surface area contributed by atoms with E-state index in [-0.39, 0.29) is 5.75 Å². The van der Waals surface area contributed by atoms with Crippen LogP contribution in [-0.2, 0) is 4.79 Å². The topological polar surface area (TPSA) is 107 Å². The van der Waals surface area contributed by atoms with Crippen molar-refractivity contribution in [3.63, 3.8) is 0 Å². The van der Waals surface area contributed by atoms with Crippen LogP contribution in [0.25, 0.3) is 10.7 Å². The molecule has 90 valence electrons. The number of nitrogens with zero attached hydrogens (tertiary/aromatic N) is 4. The summed E-state index contributed by atoms with van der Waals surface area (Å²) in [6, 6.07) is 0. The summed E-state index contributed by atoms with van der Waals surface area (Å²) in [7, 11) is 0. The molecule has 0 fully saturated rings. The Hall–Kier alpha value is -1.61. The Bertz CT molecular complexity index is 550. The average molecular weight is 271 g/mol. The highest BCUT2D eigenvalue weighted by atomic mass is 32.2. The molecule has 0 bridgehead atoms. The molecule has 2 aromatic rings. The Labute approximate surface area is 105 Å². The summed E-state index contributed by atoms with van der Waals surface area (Å²) in [5.74, 6) is 5.28. The SMILES string of the molecule is Cc1ncsc1-c1nnc(SCC(=O)O)n1N. The fourth-order valence-corrected chi connectivity index (χ4v) is 2.53. The molecule has 0 aliphatic carbocycles. The molecule has 0 amide bonds. The highest BCUT2D eigenvalue weighted by molar-refractivity contribution is 7.99. The second-order valence-electron chi connectivity index (χ2n) is 3.13. The summed E-state index contributed by atoms with van der Waals surface area (Å²) in [6.45, 7) is 1.85. The molecule has 0 atom stereocenters. The van der Waals surface area contributed by atoms with Crippen molar-refractivity contribution in [2.45, 2.75) is 12.1 Å². The second-order valence-corrected chi connectivity index (χ2v) is 4.92. The van der Waals surface area contributed by atoms with Crippen LogP contribution < -0.4 is 5.84 Å². The van der Waals surface area contributed by atoms with Crippen molar-refractivity contribution in [1.29, 1.82) is 0 Å². The van der Waals surface area contributed by atoms with Crippen LogP contribution in [0.3, 0.4) is 0 Å². The van der Waals surface area contributed by atoms with Crippen molar-refractivity contribution in [3.8, 4) is 10.7 Å². The van der Waals surface area contributed by atoms with Gasteiger partial charge in [-0.3, -0.25) is 4.79 Å². The van der Waals surface area contributed by atoms with Crippen LogP contribution >= 0.6 is 23.1 Å². The number of aliphatic carboxylic acids is 1. The maximum Gasteiger partial charge on any atom is 0.313 e. The molecule has 0 radical (unpaired) electrons. The molecule has 2 aromatic heterocycles. The first kappa shape index (κ1) is 11.9. The molecule has 0 saturated heterocycles. The summed E-state index contributed by atoms with van der Waals surface area (Å²) in [4.78, 5) is 15.4. The molecule has 0 unspecified atom stereocenters. The van der Waals surface area contributed by atoms with Crippen LogP contribution in [0.5, 0.6) is 0 Å². The predicted octanol–water partition coefficient (Wildman–Crippen LogP) is 0.601. The summed E-state index contributed by atoms with van der Waals surface area (Å²) >= 11 is 2.44. The third-order valence-corrected chi connectivity index (χ3v) is 3.79. The number of thiazole rings is 1. The molecule has 0 spiro atoms. The Balaban J connectivity index is 2.27. The number of carboxylic acid groups (broad SMARTS) is 1. The van der Waals surface area contributed by atoms with Gasteiger partial charge in [-0.25, -0.2) is 9.66 Å². The summed E-state index contributed by atoms with van der Waals surface area (Å²) in [5.41, 5.74) is 2.52. The third kappa shape index (κ3) is 2.39. The molecule has 9 heteroatoms. The van der Waals surface area contributed by atoms with E-state index in [0.29, 0.717) is 11.0 Å². The number of aryl methyl sites for hydroxylation is 1. The van der Waals surface area contributed by atoms with Gasteiger partial charge in [0.1, 0.15) is 0 Å². The van der Waals surface area contributed by atoms with Gasteiger partial charge in [0.25, 0.3) is 0 Å². The molecule has 17 heavy (non-hydrogen) atoms. The molecule has 0 aliphatic heterocycles. The van der Waals surface area contributed by atoms with Crippen LogP contribution in [-0.4, -0.2) is 36.7 Å². The Morgan fingerprint density at radius 2 is 2.41 bits per heavy atom. The number of thioether (sulfide) groups is 1. The molecule has 0 aliphatic rings. The van der Waals surface area contributed by atoms with Gasteiger partial charge >= 0.3 is 5.97 Å². The first-order valence-corrected chi connectivity index (χ1v) is 6.41. The molecular weight excluding hydrogens is 262 g/mol. The van der Waals surface area contributed by atoms with E-state index in [1.807, 2.05) is 6.92 Å². The van der Waals surface area contributed by atoms with E-state index in [1.54, 1.807) is 5.51 Å². The van der Waals surface area contributed by atoms with Crippen LogP contribution in [0.2, 0.25) is 0 Å².